The van der Waals surface area contributed by atoms with Crippen molar-refractivity contribution >= 4 is 11.9 Å². The largest absolute Gasteiger partial charge is 0.349 e. The van der Waals surface area contributed by atoms with Crippen molar-refractivity contribution in [2.45, 2.75) is 70.8 Å². The Kier molecular flexibility index (Phi) is 5.47. The SMILES string of the molecule is Cc1nc(N2CCCCC2)ncc1C(=O)NC1CCCCCC1. The maximum atomic E-state index is 12.5. The molecule has 3 rings (SSSR count). The van der Waals surface area contributed by atoms with E-state index in [0.717, 1.165) is 37.6 Å². The summed E-state index contributed by atoms with van der Waals surface area (Å²) in [5.41, 5.74) is 1.40. The van der Waals surface area contributed by atoms with Crippen LogP contribution in [0.1, 0.15) is 73.8 Å². The monoisotopic (exact) mass is 316 g/mol. The predicted molar refractivity (Wildman–Crippen MR) is 91.8 cm³/mol. The summed E-state index contributed by atoms with van der Waals surface area (Å²) in [4.78, 5) is 23.8. The zero-order chi connectivity index (χ0) is 16.1. The molecule has 1 aromatic rings. The van der Waals surface area contributed by atoms with E-state index >= 15 is 0 Å². The summed E-state index contributed by atoms with van der Waals surface area (Å²) >= 11 is 0. The third kappa shape index (κ3) is 4.21. The number of carbonyl (C=O) groups is 1. The van der Waals surface area contributed by atoms with E-state index in [-0.39, 0.29) is 5.91 Å². The fraction of sp³-hybridized carbons (Fsp3) is 0.722. The van der Waals surface area contributed by atoms with Crippen LogP contribution in [0.5, 0.6) is 0 Å². The summed E-state index contributed by atoms with van der Waals surface area (Å²) in [5.74, 6) is 0.757. The highest BCUT2D eigenvalue weighted by molar-refractivity contribution is 5.95. The average molecular weight is 316 g/mol. The number of hydrogen-bond donors (Lipinski definition) is 1. The van der Waals surface area contributed by atoms with Gasteiger partial charge in [-0.25, -0.2) is 9.97 Å². The molecule has 2 fully saturated rings. The van der Waals surface area contributed by atoms with Gasteiger partial charge in [-0.1, -0.05) is 25.7 Å². The first-order valence-electron chi connectivity index (χ1n) is 9.13. The molecule has 1 amide bonds. The van der Waals surface area contributed by atoms with Gasteiger partial charge in [0.1, 0.15) is 0 Å². The fourth-order valence-electron chi connectivity index (χ4n) is 3.61. The number of aryl methyl sites for hydroxylation is 1. The van der Waals surface area contributed by atoms with Crippen molar-refractivity contribution < 1.29 is 4.79 Å². The first kappa shape index (κ1) is 16.2. The standard InChI is InChI=1S/C18H28N4O/c1-14-16(17(23)21-15-9-5-2-3-6-10-15)13-19-18(20-14)22-11-7-4-8-12-22/h13,15H,2-12H2,1H3,(H,21,23). The second-order valence-electron chi connectivity index (χ2n) is 6.88. The van der Waals surface area contributed by atoms with E-state index in [9.17, 15) is 4.79 Å². The number of amides is 1. The van der Waals surface area contributed by atoms with Crippen LogP contribution in [0.4, 0.5) is 5.95 Å². The van der Waals surface area contributed by atoms with E-state index in [0.29, 0.717) is 11.6 Å². The number of anilines is 1. The van der Waals surface area contributed by atoms with Gasteiger partial charge in [0, 0.05) is 25.3 Å². The van der Waals surface area contributed by atoms with Crippen molar-refractivity contribution in [3.63, 3.8) is 0 Å². The van der Waals surface area contributed by atoms with Crippen molar-refractivity contribution in [3.05, 3.63) is 17.5 Å². The molecule has 126 valence electrons. The van der Waals surface area contributed by atoms with Crippen LogP contribution in [0.15, 0.2) is 6.20 Å². The van der Waals surface area contributed by atoms with Gasteiger partial charge in [0.15, 0.2) is 0 Å². The zero-order valence-corrected chi connectivity index (χ0v) is 14.2. The van der Waals surface area contributed by atoms with Crippen molar-refractivity contribution in [2.24, 2.45) is 0 Å². The number of aromatic nitrogens is 2. The Bertz CT molecular complexity index is 532. The lowest BCUT2D eigenvalue weighted by Gasteiger charge is -2.27. The van der Waals surface area contributed by atoms with Gasteiger partial charge in [0.05, 0.1) is 11.3 Å². The molecule has 1 saturated heterocycles. The molecule has 0 aromatic carbocycles. The molecule has 0 bridgehead atoms. The number of carbonyl (C=O) groups excluding carboxylic acids is 1. The summed E-state index contributed by atoms with van der Waals surface area (Å²) in [7, 11) is 0. The Balaban J connectivity index is 1.65. The maximum absolute atomic E-state index is 12.5. The van der Waals surface area contributed by atoms with Gasteiger partial charge in [-0.05, 0) is 39.0 Å². The normalized spacial score (nSPS) is 20.1. The Hall–Kier alpha value is -1.65. The molecule has 1 aliphatic carbocycles. The van der Waals surface area contributed by atoms with Crippen LogP contribution in [-0.2, 0) is 0 Å². The van der Waals surface area contributed by atoms with Gasteiger partial charge in [0.2, 0.25) is 5.95 Å². The first-order valence-corrected chi connectivity index (χ1v) is 9.13. The van der Waals surface area contributed by atoms with Gasteiger partial charge >= 0.3 is 0 Å². The lowest BCUT2D eigenvalue weighted by molar-refractivity contribution is 0.0932. The van der Waals surface area contributed by atoms with Crippen LogP contribution >= 0.6 is 0 Å². The summed E-state index contributed by atoms with van der Waals surface area (Å²) < 4.78 is 0. The third-order valence-electron chi connectivity index (χ3n) is 5.04. The van der Waals surface area contributed by atoms with Gasteiger partial charge in [-0.15, -0.1) is 0 Å². The number of piperidine rings is 1. The fourth-order valence-corrected chi connectivity index (χ4v) is 3.61. The van der Waals surface area contributed by atoms with Gasteiger partial charge in [-0.3, -0.25) is 4.79 Å². The summed E-state index contributed by atoms with van der Waals surface area (Å²) in [5, 5.41) is 3.18. The smallest absolute Gasteiger partial charge is 0.254 e. The molecule has 2 heterocycles. The molecule has 23 heavy (non-hydrogen) atoms. The number of nitrogens with zero attached hydrogens (tertiary/aromatic N) is 3. The molecule has 5 heteroatoms. The molecule has 0 spiro atoms. The van der Waals surface area contributed by atoms with Crippen molar-refractivity contribution in [1.29, 1.82) is 0 Å². The van der Waals surface area contributed by atoms with E-state index in [2.05, 4.69) is 20.2 Å². The number of nitrogens with one attached hydrogen (secondary N) is 1. The third-order valence-corrected chi connectivity index (χ3v) is 5.04. The number of rotatable bonds is 3. The van der Waals surface area contributed by atoms with Gasteiger partial charge in [0.25, 0.3) is 5.91 Å². The second kappa shape index (κ2) is 7.75. The molecule has 0 atom stereocenters. The minimum absolute atomic E-state index is 0.0143. The van der Waals surface area contributed by atoms with Crippen LogP contribution in [0, 0.1) is 6.92 Å². The molecule has 1 saturated carbocycles. The van der Waals surface area contributed by atoms with E-state index in [4.69, 9.17) is 0 Å². The highest BCUT2D eigenvalue weighted by Crippen LogP contribution is 2.19. The van der Waals surface area contributed by atoms with E-state index < -0.39 is 0 Å². The lowest BCUT2D eigenvalue weighted by Crippen LogP contribution is -2.35. The van der Waals surface area contributed by atoms with E-state index in [1.807, 2.05) is 6.92 Å². The van der Waals surface area contributed by atoms with E-state index in [1.165, 1.54) is 44.9 Å². The molecule has 5 nitrogen and oxygen atoms in total. The molecule has 0 unspecified atom stereocenters. The van der Waals surface area contributed by atoms with Gasteiger partial charge in [-0.2, -0.15) is 0 Å². The topological polar surface area (TPSA) is 58.1 Å². The maximum Gasteiger partial charge on any atom is 0.254 e. The van der Waals surface area contributed by atoms with Gasteiger partial charge < -0.3 is 10.2 Å². The average Bonchev–Trinajstić information content (AvgIpc) is 2.84. The van der Waals surface area contributed by atoms with Crippen molar-refractivity contribution in [2.75, 3.05) is 18.0 Å². The highest BCUT2D eigenvalue weighted by Gasteiger charge is 2.20. The van der Waals surface area contributed by atoms with Crippen LogP contribution < -0.4 is 10.2 Å². The van der Waals surface area contributed by atoms with Crippen LogP contribution in [0.25, 0.3) is 0 Å². The molecule has 2 aliphatic rings. The summed E-state index contributed by atoms with van der Waals surface area (Å²) in [6, 6.07) is 0.311. The second-order valence-corrected chi connectivity index (χ2v) is 6.88. The van der Waals surface area contributed by atoms with Crippen LogP contribution in [-0.4, -0.2) is 35.0 Å². The zero-order valence-electron chi connectivity index (χ0n) is 14.2. The minimum atomic E-state index is -0.0143. The van der Waals surface area contributed by atoms with Crippen molar-refractivity contribution in [1.82, 2.24) is 15.3 Å². The molecule has 1 aromatic heterocycles. The Morgan fingerprint density at radius 1 is 1.09 bits per heavy atom. The predicted octanol–water partition coefficient (Wildman–Crippen LogP) is 3.23. The molecule has 1 N–H and O–H groups in total. The molecule has 1 aliphatic heterocycles. The molecular formula is C18H28N4O. The first-order chi connectivity index (χ1) is 11.2. The highest BCUT2D eigenvalue weighted by atomic mass is 16.1. The van der Waals surface area contributed by atoms with E-state index in [1.54, 1.807) is 6.20 Å². The summed E-state index contributed by atoms with van der Waals surface area (Å²) in [6.45, 7) is 3.96. The van der Waals surface area contributed by atoms with Crippen LogP contribution in [0.2, 0.25) is 0 Å². The molecular weight excluding hydrogens is 288 g/mol. The Morgan fingerprint density at radius 2 is 1.74 bits per heavy atom. The Morgan fingerprint density at radius 3 is 2.39 bits per heavy atom. The lowest BCUT2D eigenvalue weighted by atomic mass is 10.1. The number of hydrogen-bond acceptors (Lipinski definition) is 4. The minimum Gasteiger partial charge on any atom is -0.349 e. The van der Waals surface area contributed by atoms with Crippen LogP contribution in [0.3, 0.4) is 0 Å². The van der Waals surface area contributed by atoms with Crippen molar-refractivity contribution in [3.8, 4) is 0 Å². The Labute approximate surface area is 138 Å². The molecule has 0 radical (unpaired) electrons. The quantitative estimate of drug-likeness (QED) is 0.870. The summed E-state index contributed by atoms with van der Waals surface area (Å²) in [6.07, 6.45) is 12.6.